The molecule has 1 heterocycles. The number of benzene rings is 1. The first-order valence-corrected chi connectivity index (χ1v) is 5.26. The van der Waals surface area contributed by atoms with E-state index in [0.29, 0.717) is 12.2 Å². The summed E-state index contributed by atoms with van der Waals surface area (Å²) in [6, 6.07) is 11.2. The fourth-order valence-electron chi connectivity index (χ4n) is 1.49. The molecule has 0 aliphatic heterocycles. The van der Waals surface area contributed by atoms with Crippen LogP contribution in [0.2, 0.25) is 0 Å². The Labute approximate surface area is 99.1 Å². The molecular formula is C12H14N4O. The van der Waals surface area contributed by atoms with Gasteiger partial charge in [-0.1, -0.05) is 30.3 Å². The van der Waals surface area contributed by atoms with Gasteiger partial charge in [0.05, 0.1) is 18.4 Å². The summed E-state index contributed by atoms with van der Waals surface area (Å²) in [5, 5.41) is 5.44. The van der Waals surface area contributed by atoms with E-state index >= 15 is 0 Å². The van der Waals surface area contributed by atoms with Gasteiger partial charge in [0, 0.05) is 13.1 Å². The molecule has 0 saturated carbocycles. The van der Waals surface area contributed by atoms with Crippen molar-refractivity contribution >= 4 is 5.69 Å². The highest BCUT2D eigenvalue weighted by molar-refractivity contribution is 5.39. The number of hydrogen-bond donors (Lipinski definition) is 1. The Kier molecular flexibility index (Phi) is 3.20. The van der Waals surface area contributed by atoms with Crippen molar-refractivity contribution in [3.63, 3.8) is 0 Å². The second kappa shape index (κ2) is 4.80. The van der Waals surface area contributed by atoms with Crippen molar-refractivity contribution in [3.8, 4) is 0 Å². The van der Waals surface area contributed by atoms with Gasteiger partial charge in [-0.05, 0) is 5.56 Å². The van der Waals surface area contributed by atoms with Gasteiger partial charge in [-0.25, -0.2) is 10.5 Å². The Morgan fingerprint density at radius 3 is 2.65 bits per heavy atom. The lowest BCUT2D eigenvalue weighted by Crippen LogP contribution is -2.29. The predicted octanol–water partition coefficient (Wildman–Crippen LogP) is 0.601. The van der Waals surface area contributed by atoms with E-state index in [2.05, 4.69) is 5.10 Å². The lowest BCUT2D eigenvalue weighted by atomic mass is 10.2. The van der Waals surface area contributed by atoms with Gasteiger partial charge in [0.2, 0.25) is 0 Å². The Balaban J connectivity index is 2.26. The van der Waals surface area contributed by atoms with Crippen LogP contribution in [-0.4, -0.2) is 16.8 Å². The third-order valence-electron chi connectivity index (χ3n) is 2.44. The average molecular weight is 230 g/mol. The van der Waals surface area contributed by atoms with E-state index in [4.69, 9.17) is 5.84 Å². The van der Waals surface area contributed by atoms with Gasteiger partial charge in [-0.2, -0.15) is 5.10 Å². The van der Waals surface area contributed by atoms with E-state index in [-0.39, 0.29) is 5.56 Å². The number of anilines is 1. The smallest absolute Gasteiger partial charge is 0.269 e. The van der Waals surface area contributed by atoms with Crippen LogP contribution in [0.1, 0.15) is 5.56 Å². The van der Waals surface area contributed by atoms with E-state index < -0.39 is 0 Å². The molecule has 5 heteroatoms. The highest BCUT2D eigenvalue weighted by atomic mass is 16.1. The van der Waals surface area contributed by atoms with Crippen LogP contribution < -0.4 is 16.4 Å². The first-order valence-electron chi connectivity index (χ1n) is 5.26. The maximum Gasteiger partial charge on any atom is 0.269 e. The van der Waals surface area contributed by atoms with Gasteiger partial charge < -0.3 is 5.01 Å². The van der Waals surface area contributed by atoms with Crippen molar-refractivity contribution in [3.05, 3.63) is 58.5 Å². The SMILES string of the molecule is CN(N)c1cnn(Cc2ccccc2)c(=O)c1. The van der Waals surface area contributed by atoms with Crippen molar-refractivity contribution in [2.75, 3.05) is 12.1 Å². The molecule has 5 nitrogen and oxygen atoms in total. The Morgan fingerprint density at radius 2 is 2.06 bits per heavy atom. The number of nitrogens with zero attached hydrogens (tertiary/aromatic N) is 3. The van der Waals surface area contributed by atoms with Gasteiger partial charge >= 0.3 is 0 Å². The van der Waals surface area contributed by atoms with Crippen LogP contribution in [0.5, 0.6) is 0 Å². The molecule has 2 aromatic rings. The minimum absolute atomic E-state index is 0.163. The van der Waals surface area contributed by atoms with E-state index in [1.165, 1.54) is 15.8 Å². The predicted molar refractivity (Wildman–Crippen MR) is 66.6 cm³/mol. The second-order valence-electron chi connectivity index (χ2n) is 3.81. The molecule has 0 bridgehead atoms. The fourth-order valence-corrected chi connectivity index (χ4v) is 1.49. The number of hydrazine groups is 1. The van der Waals surface area contributed by atoms with Crippen LogP contribution in [0.15, 0.2) is 47.4 Å². The minimum atomic E-state index is -0.163. The summed E-state index contributed by atoms with van der Waals surface area (Å²) in [4.78, 5) is 11.8. The van der Waals surface area contributed by atoms with Crippen LogP contribution >= 0.6 is 0 Å². The van der Waals surface area contributed by atoms with Gasteiger partial charge in [-0.15, -0.1) is 0 Å². The number of aromatic nitrogens is 2. The first-order chi connectivity index (χ1) is 8.16. The molecule has 2 rings (SSSR count). The molecule has 0 aliphatic carbocycles. The zero-order chi connectivity index (χ0) is 12.3. The standard InChI is InChI=1S/C12H14N4O/c1-15(13)11-7-12(17)16(14-8-11)9-10-5-3-2-4-6-10/h2-8H,9,13H2,1H3. The summed E-state index contributed by atoms with van der Waals surface area (Å²) >= 11 is 0. The van der Waals surface area contributed by atoms with E-state index in [9.17, 15) is 4.79 Å². The Bertz CT molecular complexity index is 548. The minimum Gasteiger partial charge on any atom is -0.312 e. The summed E-state index contributed by atoms with van der Waals surface area (Å²) in [6.45, 7) is 0.467. The monoisotopic (exact) mass is 230 g/mol. The molecule has 0 radical (unpaired) electrons. The molecule has 0 atom stereocenters. The quantitative estimate of drug-likeness (QED) is 0.619. The summed E-state index contributed by atoms with van der Waals surface area (Å²) in [5.74, 6) is 5.53. The van der Waals surface area contributed by atoms with Crippen LogP contribution in [-0.2, 0) is 6.54 Å². The van der Waals surface area contributed by atoms with Crippen LogP contribution in [0.25, 0.3) is 0 Å². The van der Waals surface area contributed by atoms with Gasteiger partial charge in [0.25, 0.3) is 5.56 Å². The number of hydrogen-bond acceptors (Lipinski definition) is 4. The van der Waals surface area contributed by atoms with E-state index in [1.807, 2.05) is 30.3 Å². The molecule has 1 aromatic heterocycles. The maximum absolute atomic E-state index is 11.8. The summed E-state index contributed by atoms with van der Waals surface area (Å²) < 4.78 is 1.41. The highest BCUT2D eigenvalue weighted by Gasteiger charge is 2.02. The van der Waals surface area contributed by atoms with Crippen molar-refractivity contribution in [1.82, 2.24) is 9.78 Å². The molecule has 0 amide bonds. The van der Waals surface area contributed by atoms with E-state index in [1.54, 1.807) is 13.2 Å². The van der Waals surface area contributed by atoms with Crippen LogP contribution in [0.4, 0.5) is 5.69 Å². The molecule has 17 heavy (non-hydrogen) atoms. The molecule has 0 fully saturated rings. The van der Waals surface area contributed by atoms with Crippen LogP contribution in [0.3, 0.4) is 0 Å². The molecular weight excluding hydrogens is 216 g/mol. The highest BCUT2D eigenvalue weighted by Crippen LogP contribution is 2.03. The largest absolute Gasteiger partial charge is 0.312 e. The van der Waals surface area contributed by atoms with Gasteiger partial charge in [0.15, 0.2) is 0 Å². The van der Waals surface area contributed by atoms with Crippen molar-refractivity contribution in [1.29, 1.82) is 0 Å². The first kappa shape index (κ1) is 11.3. The van der Waals surface area contributed by atoms with Gasteiger partial charge in [-0.3, -0.25) is 4.79 Å². The average Bonchev–Trinajstić information content (AvgIpc) is 2.33. The number of nitrogens with two attached hydrogens (primary N) is 1. The third kappa shape index (κ3) is 2.70. The summed E-state index contributed by atoms with van der Waals surface area (Å²) in [6.07, 6.45) is 1.57. The Morgan fingerprint density at radius 1 is 1.35 bits per heavy atom. The summed E-state index contributed by atoms with van der Waals surface area (Å²) in [5.41, 5.74) is 1.47. The molecule has 0 aliphatic rings. The normalized spacial score (nSPS) is 10.2. The zero-order valence-corrected chi connectivity index (χ0v) is 9.58. The second-order valence-corrected chi connectivity index (χ2v) is 3.81. The molecule has 2 N–H and O–H groups in total. The van der Waals surface area contributed by atoms with Crippen LogP contribution in [0, 0.1) is 0 Å². The Hall–Kier alpha value is -2.14. The summed E-state index contributed by atoms with van der Waals surface area (Å²) in [7, 11) is 1.66. The molecule has 0 spiro atoms. The lowest BCUT2D eigenvalue weighted by Gasteiger charge is -2.11. The lowest BCUT2D eigenvalue weighted by molar-refractivity contribution is 0.637. The zero-order valence-electron chi connectivity index (χ0n) is 9.58. The molecule has 0 saturated heterocycles. The van der Waals surface area contributed by atoms with Crippen molar-refractivity contribution < 1.29 is 0 Å². The third-order valence-corrected chi connectivity index (χ3v) is 2.44. The maximum atomic E-state index is 11.8. The van der Waals surface area contributed by atoms with E-state index in [0.717, 1.165) is 5.56 Å². The fraction of sp³-hybridized carbons (Fsp3) is 0.167. The van der Waals surface area contributed by atoms with Gasteiger partial charge in [0.1, 0.15) is 0 Å². The molecule has 0 unspecified atom stereocenters. The van der Waals surface area contributed by atoms with Crippen molar-refractivity contribution in [2.45, 2.75) is 6.54 Å². The van der Waals surface area contributed by atoms with Crippen molar-refractivity contribution in [2.24, 2.45) is 5.84 Å². The topological polar surface area (TPSA) is 64.2 Å². The number of rotatable bonds is 3. The molecule has 1 aromatic carbocycles. The molecule has 88 valence electrons.